The van der Waals surface area contributed by atoms with Crippen molar-refractivity contribution in [1.29, 1.82) is 0 Å². The van der Waals surface area contributed by atoms with Crippen LogP contribution in [0.15, 0.2) is 52.0 Å². The van der Waals surface area contributed by atoms with Crippen LogP contribution in [0, 0.1) is 0 Å². The molecule has 124 valence electrons. The number of nitrogens with one attached hydrogen (secondary N) is 2. The highest BCUT2D eigenvalue weighted by atomic mass is 79.9. The van der Waals surface area contributed by atoms with Crippen molar-refractivity contribution in [2.45, 2.75) is 6.42 Å². The van der Waals surface area contributed by atoms with E-state index in [9.17, 15) is 9.59 Å². The maximum Gasteiger partial charge on any atom is 0.249 e. The number of amides is 2. The first-order valence-electron chi connectivity index (χ1n) is 6.76. The molecule has 0 aliphatic carbocycles. The second-order valence-electron chi connectivity index (χ2n) is 4.70. The molecular weight excluding hydrogens is 417 g/mol. The lowest BCUT2D eigenvalue weighted by Crippen LogP contribution is -2.24. The number of benzene rings is 2. The Morgan fingerprint density at radius 1 is 1.08 bits per heavy atom. The lowest BCUT2D eigenvalue weighted by molar-refractivity contribution is -0.126. The minimum absolute atomic E-state index is 0.317. The van der Waals surface area contributed by atoms with Crippen molar-refractivity contribution in [2.24, 2.45) is 5.10 Å². The lowest BCUT2D eigenvalue weighted by atomic mass is 10.2. The van der Waals surface area contributed by atoms with E-state index in [0.717, 1.165) is 10.0 Å². The van der Waals surface area contributed by atoms with Crippen molar-refractivity contribution in [2.75, 3.05) is 5.32 Å². The Morgan fingerprint density at radius 2 is 1.88 bits per heavy atom. The van der Waals surface area contributed by atoms with Gasteiger partial charge in [0.25, 0.3) is 0 Å². The summed E-state index contributed by atoms with van der Waals surface area (Å²) in [7, 11) is 0. The summed E-state index contributed by atoms with van der Waals surface area (Å²) in [4.78, 5) is 23.5. The predicted octanol–water partition coefficient (Wildman–Crippen LogP) is 4.23. The van der Waals surface area contributed by atoms with Crippen LogP contribution < -0.4 is 10.7 Å². The number of carbonyl (C=O) groups excluding carboxylic acids is 2. The minimum Gasteiger partial charge on any atom is -0.326 e. The Morgan fingerprint density at radius 3 is 2.58 bits per heavy atom. The third kappa shape index (κ3) is 5.96. The van der Waals surface area contributed by atoms with Crippen LogP contribution in [0.5, 0.6) is 0 Å². The molecule has 0 saturated carbocycles. The summed E-state index contributed by atoms with van der Waals surface area (Å²) in [6.07, 6.45) is 1.12. The molecule has 0 aliphatic heterocycles. The van der Waals surface area contributed by atoms with Crippen LogP contribution in [0.4, 0.5) is 5.69 Å². The number of hydrazone groups is 1. The van der Waals surface area contributed by atoms with E-state index in [1.165, 1.54) is 12.3 Å². The van der Waals surface area contributed by atoms with Crippen molar-refractivity contribution in [3.8, 4) is 0 Å². The average Bonchev–Trinajstić information content (AvgIpc) is 2.51. The summed E-state index contributed by atoms with van der Waals surface area (Å²) in [6.45, 7) is 0. The number of rotatable bonds is 5. The van der Waals surface area contributed by atoms with Crippen LogP contribution in [-0.2, 0) is 9.59 Å². The Bertz CT molecular complexity index is 797. The van der Waals surface area contributed by atoms with Gasteiger partial charge in [-0.25, -0.2) is 5.43 Å². The fourth-order valence-corrected chi connectivity index (χ4v) is 2.45. The third-order valence-electron chi connectivity index (χ3n) is 2.78. The van der Waals surface area contributed by atoms with Gasteiger partial charge in [-0.3, -0.25) is 9.59 Å². The van der Waals surface area contributed by atoms with Crippen LogP contribution >= 0.6 is 39.1 Å². The predicted molar refractivity (Wildman–Crippen MR) is 99.6 cm³/mol. The molecule has 2 aromatic carbocycles. The molecule has 0 spiro atoms. The van der Waals surface area contributed by atoms with Gasteiger partial charge in [0.15, 0.2) is 0 Å². The van der Waals surface area contributed by atoms with Gasteiger partial charge >= 0.3 is 0 Å². The van der Waals surface area contributed by atoms with Crippen molar-refractivity contribution in [3.63, 3.8) is 0 Å². The Hall–Kier alpha value is -1.89. The number of carbonyl (C=O) groups is 2. The lowest BCUT2D eigenvalue weighted by Gasteiger charge is -2.05. The highest BCUT2D eigenvalue weighted by Crippen LogP contribution is 2.24. The normalized spacial score (nSPS) is 10.6. The first-order valence-corrected chi connectivity index (χ1v) is 8.31. The van der Waals surface area contributed by atoms with Gasteiger partial charge in [-0.1, -0.05) is 51.3 Å². The number of halogens is 3. The average molecular weight is 429 g/mol. The summed E-state index contributed by atoms with van der Waals surface area (Å²) >= 11 is 15.0. The molecule has 8 heteroatoms. The minimum atomic E-state index is -0.529. The molecule has 0 saturated heterocycles. The standard InChI is InChI=1S/C16H12BrCl2N3O2/c17-11-3-1-2-10(6-11)9-20-22-16(24)8-15(23)21-12-4-5-13(18)14(19)7-12/h1-7,9H,8H2,(H,21,23)(H,22,24)/b20-9-. The highest BCUT2D eigenvalue weighted by Gasteiger charge is 2.09. The molecule has 0 aromatic heterocycles. The number of hydrogen-bond acceptors (Lipinski definition) is 3. The van der Waals surface area contributed by atoms with Crippen molar-refractivity contribution in [1.82, 2.24) is 5.43 Å². The molecule has 2 aromatic rings. The highest BCUT2D eigenvalue weighted by molar-refractivity contribution is 9.10. The molecule has 0 radical (unpaired) electrons. The summed E-state index contributed by atoms with van der Waals surface area (Å²) in [5, 5.41) is 7.06. The molecule has 2 N–H and O–H groups in total. The fourth-order valence-electron chi connectivity index (χ4n) is 1.73. The van der Waals surface area contributed by atoms with Gasteiger partial charge < -0.3 is 5.32 Å². The quantitative estimate of drug-likeness (QED) is 0.424. The van der Waals surface area contributed by atoms with E-state index in [1.54, 1.807) is 12.1 Å². The maximum absolute atomic E-state index is 11.8. The van der Waals surface area contributed by atoms with Crippen LogP contribution in [-0.4, -0.2) is 18.0 Å². The van der Waals surface area contributed by atoms with Crippen LogP contribution in [0.25, 0.3) is 0 Å². The van der Waals surface area contributed by atoms with E-state index in [4.69, 9.17) is 23.2 Å². The third-order valence-corrected chi connectivity index (χ3v) is 4.01. The fraction of sp³-hybridized carbons (Fsp3) is 0.0625. The van der Waals surface area contributed by atoms with Crippen LogP contribution in [0.3, 0.4) is 0 Å². The van der Waals surface area contributed by atoms with Crippen LogP contribution in [0.1, 0.15) is 12.0 Å². The molecule has 0 bridgehead atoms. The van der Waals surface area contributed by atoms with E-state index in [2.05, 4.69) is 31.8 Å². The number of hydrogen-bond donors (Lipinski definition) is 2. The Labute approximate surface area is 157 Å². The zero-order valence-corrected chi connectivity index (χ0v) is 15.3. The van der Waals surface area contributed by atoms with Crippen molar-refractivity contribution in [3.05, 3.63) is 62.5 Å². The molecule has 0 aliphatic rings. The van der Waals surface area contributed by atoms with Gasteiger partial charge in [0.1, 0.15) is 6.42 Å². The van der Waals surface area contributed by atoms with Crippen molar-refractivity contribution < 1.29 is 9.59 Å². The van der Waals surface area contributed by atoms with Gasteiger partial charge in [-0.05, 0) is 35.9 Å². The number of nitrogens with zero attached hydrogens (tertiary/aromatic N) is 1. The largest absolute Gasteiger partial charge is 0.326 e. The zero-order valence-electron chi connectivity index (χ0n) is 12.2. The molecular formula is C16H12BrCl2N3O2. The Kier molecular flexibility index (Phi) is 6.78. The Balaban J connectivity index is 1.83. The molecule has 0 atom stereocenters. The van der Waals surface area contributed by atoms with Gasteiger partial charge in [0.05, 0.1) is 16.3 Å². The van der Waals surface area contributed by atoms with E-state index in [1.807, 2.05) is 24.3 Å². The van der Waals surface area contributed by atoms with E-state index >= 15 is 0 Å². The maximum atomic E-state index is 11.8. The van der Waals surface area contributed by atoms with Crippen molar-refractivity contribution >= 4 is 62.8 Å². The van der Waals surface area contributed by atoms with Crippen LogP contribution in [0.2, 0.25) is 10.0 Å². The molecule has 0 unspecified atom stereocenters. The zero-order chi connectivity index (χ0) is 17.5. The summed E-state index contributed by atoms with van der Waals surface area (Å²) < 4.78 is 0.902. The molecule has 2 rings (SSSR count). The number of anilines is 1. The summed E-state index contributed by atoms with van der Waals surface area (Å²) in [5.41, 5.74) is 3.56. The monoisotopic (exact) mass is 427 g/mol. The molecule has 24 heavy (non-hydrogen) atoms. The van der Waals surface area contributed by atoms with Gasteiger partial charge in [0, 0.05) is 10.2 Å². The van der Waals surface area contributed by atoms with E-state index in [0.29, 0.717) is 15.7 Å². The first kappa shape index (κ1) is 18.4. The van der Waals surface area contributed by atoms with E-state index < -0.39 is 11.8 Å². The summed E-state index contributed by atoms with van der Waals surface area (Å²) in [5.74, 6) is -1.01. The second kappa shape index (κ2) is 8.82. The summed E-state index contributed by atoms with van der Waals surface area (Å²) in [6, 6.07) is 12.0. The molecule has 0 heterocycles. The first-order chi connectivity index (χ1) is 11.4. The second-order valence-corrected chi connectivity index (χ2v) is 6.43. The van der Waals surface area contributed by atoms with E-state index in [-0.39, 0.29) is 6.42 Å². The smallest absolute Gasteiger partial charge is 0.249 e. The molecule has 0 fully saturated rings. The van der Waals surface area contributed by atoms with Gasteiger partial charge in [-0.15, -0.1) is 0 Å². The topological polar surface area (TPSA) is 70.6 Å². The van der Waals surface area contributed by atoms with Gasteiger partial charge in [-0.2, -0.15) is 5.10 Å². The molecule has 2 amide bonds. The SMILES string of the molecule is O=C(CC(=O)Nc1ccc(Cl)c(Cl)c1)N/N=C\c1cccc(Br)c1. The van der Waals surface area contributed by atoms with Gasteiger partial charge in [0.2, 0.25) is 11.8 Å². The molecule has 5 nitrogen and oxygen atoms in total.